The summed E-state index contributed by atoms with van der Waals surface area (Å²) < 4.78 is 26.6. The van der Waals surface area contributed by atoms with E-state index in [1.165, 1.54) is 18.2 Å². The summed E-state index contributed by atoms with van der Waals surface area (Å²) in [7, 11) is 0. The average Bonchev–Trinajstić information content (AvgIpc) is 2.41. The van der Waals surface area contributed by atoms with E-state index >= 15 is 0 Å². The van der Waals surface area contributed by atoms with Crippen LogP contribution in [0, 0.1) is 11.6 Å². The van der Waals surface area contributed by atoms with Gasteiger partial charge in [-0.05, 0) is 63.7 Å². The summed E-state index contributed by atoms with van der Waals surface area (Å²) in [6.45, 7) is 0. The van der Waals surface area contributed by atoms with Crippen molar-refractivity contribution in [1.29, 1.82) is 0 Å². The van der Waals surface area contributed by atoms with Crippen LogP contribution >= 0.6 is 31.9 Å². The molecule has 1 atom stereocenters. The standard InChI is InChI=1S/C15H12Br2F2/c16-9-12(11-2-4-13(18)5-3-11)7-10-1-6-15(19)14(17)8-10/h1-6,8,12H,7,9H2. The van der Waals surface area contributed by atoms with Crippen LogP contribution < -0.4 is 0 Å². The van der Waals surface area contributed by atoms with E-state index in [4.69, 9.17) is 0 Å². The van der Waals surface area contributed by atoms with Crippen LogP contribution in [0.1, 0.15) is 17.0 Å². The molecule has 0 saturated heterocycles. The molecule has 0 saturated carbocycles. The van der Waals surface area contributed by atoms with Crippen molar-refractivity contribution >= 4 is 31.9 Å². The van der Waals surface area contributed by atoms with Crippen molar-refractivity contribution in [3.8, 4) is 0 Å². The van der Waals surface area contributed by atoms with Gasteiger partial charge < -0.3 is 0 Å². The van der Waals surface area contributed by atoms with Crippen molar-refractivity contribution in [2.45, 2.75) is 12.3 Å². The van der Waals surface area contributed by atoms with Gasteiger partial charge in [-0.2, -0.15) is 0 Å². The molecule has 2 aromatic rings. The Morgan fingerprint density at radius 2 is 1.68 bits per heavy atom. The Balaban J connectivity index is 2.18. The van der Waals surface area contributed by atoms with Crippen molar-refractivity contribution in [2.24, 2.45) is 0 Å². The number of hydrogen-bond acceptors (Lipinski definition) is 0. The molecule has 0 bridgehead atoms. The summed E-state index contributed by atoms with van der Waals surface area (Å²) >= 11 is 6.67. The normalized spacial score (nSPS) is 12.4. The third-order valence-electron chi connectivity index (χ3n) is 2.99. The molecule has 4 heteroatoms. The highest BCUT2D eigenvalue weighted by Crippen LogP contribution is 2.25. The van der Waals surface area contributed by atoms with Crippen molar-refractivity contribution in [1.82, 2.24) is 0 Å². The second kappa shape index (κ2) is 6.62. The Kier molecular flexibility index (Phi) is 5.11. The largest absolute Gasteiger partial charge is 0.207 e. The Labute approximate surface area is 128 Å². The molecule has 0 aliphatic rings. The van der Waals surface area contributed by atoms with Crippen molar-refractivity contribution in [3.63, 3.8) is 0 Å². The smallest absolute Gasteiger partial charge is 0.137 e. The lowest BCUT2D eigenvalue weighted by Gasteiger charge is -2.15. The van der Waals surface area contributed by atoms with Gasteiger partial charge in [-0.3, -0.25) is 0 Å². The molecule has 0 spiro atoms. The quantitative estimate of drug-likeness (QED) is 0.610. The van der Waals surface area contributed by atoms with E-state index in [1.54, 1.807) is 24.3 Å². The van der Waals surface area contributed by atoms with Crippen LogP contribution in [0.4, 0.5) is 8.78 Å². The lowest BCUT2D eigenvalue weighted by Crippen LogP contribution is -2.04. The maximum Gasteiger partial charge on any atom is 0.137 e. The summed E-state index contributed by atoms with van der Waals surface area (Å²) in [6, 6.07) is 11.5. The highest BCUT2D eigenvalue weighted by molar-refractivity contribution is 9.10. The van der Waals surface area contributed by atoms with Gasteiger partial charge in [0, 0.05) is 5.33 Å². The van der Waals surface area contributed by atoms with Gasteiger partial charge >= 0.3 is 0 Å². The third-order valence-corrected chi connectivity index (χ3v) is 4.38. The zero-order valence-corrected chi connectivity index (χ0v) is 13.2. The van der Waals surface area contributed by atoms with Gasteiger partial charge in [-0.15, -0.1) is 0 Å². The average molecular weight is 390 g/mol. The molecular weight excluding hydrogens is 378 g/mol. The van der Waals surface area contributed by atoms with E-state index in [-0.39, 0.29) is 17.6 Å². The minimum absolute atomic E-state index is 0.234. The molecule has 0 aromatic heterocycles. The molecule has 0 fully saturated rings. The van der Waals surface area contributed by atoms with E-state index in [0.717, 1.165) is 22.9 Å². The van der Waals surface area contributed by atoms with E-state index in [1.807, 2.05) is 0 Å². The molecule has 0 nitrogen and oxygen atoms in total. The molecule has 2 rings (SSSR count). The summed E-state index contributed by atoms with van der Waals surface area (Å²) in [5.74, 6) is -0.263. The van der Waals surface area contributed by atoms with E-state index < -0.39 is 0 Å². The second-order valence-corrected chi connectivity index (χ2v) is 5.86. The van der Waals surface area contributed by atoms with E-state index in [9.17, 15) is 8.78 Å². The predicted octanol–water partition coefficient (Wildman–Crippen LogP) is 5.45. The Hall–Kier alpha value is -0.740. The molecule has 19 heavy (non-hydrogen) atoms. The minimum atomic E-state index is -0.263. The highest BCUT2D eigenvalue weighted by Gasteiger charge is 2.12. The molecule has 0 amide bonds. The zero-order chi connectivity index (χ0) is 13.8. The van der Waals surface area contributed by atoms with Crippen LogP contribution in [0.15, 0.2) is 46.9 Å². The maximum absolute atomic E-state index is 13.2. The fourth-order valence-electron chi connectivity index (χ4n) is 1.95. The minimum Gasteiger partial charge on any atom is -0.207 e. The lowest BCUT2D eigenvalue weighted by molar-refractivity contribution is 0.618. The first kappa shape index (κ1) is 14.7. The van der Waals surface area contributed by atoms with Gasteiger partial charge in [0.15, 0.2) is 0 Å². The number of hydrogen-bond donors (Lipinski definition) is 0. The molecule has 2 aromatic carbocycles. The van der Waals surface area contributed by atoms with Crippen molar-refractivity contribution < 1.29 is 8.78 Å². The number of halogens is 4. The Bertz CT molecular complexity index is 553. The van der Waals surface area contributed by atoms with Crippen molar-refractivity contribution in [2.75, 3.05) is 5.33 Å². The van der Waals surface area contributed by atoms with Crippen LogP contribution in [0.2, 0.25) is 0 Å². The molecule has 0 aliphatic heterocycles. The van der Waals surface area contributed by atoms with Crippen LogP contribution in [0.5, 0.6) is 0 Å². The SMILES string of the molecule is Fc1ccc(C(CBr)Cc2ccc(F)c(Br)c2)cc1. The summed E-state index contributed by atoms with van der Waals surface area (Å²) in [5, 5.41) is 0.771. The van der Waals surface area contributed by atoms with Gasteiger partial charge in [0.25, 0.3) is 0 Å². The van der Waals surface area contributed by atoms with Gasteiger partial charge in [0.05, 0.1) is 4.47 Å². The number of alkyl halides is 1. The van der Waals surface area contributed by atoms with Crippen molar-refractivity contribution in [3.05, 3.63) is 69.7 Å². The lowest BCUT2D eigenvalue weighted by atomic mass is 9.94. The third kappa shape index (κ3) is 3.86. The van der Waals surface area contributed by atoms with Gasteiger partial charge in [-0.25, -0.2) is 8.78 Å². The van der Waals surface area contributed by atoms with Crippen LogP contribution in [-0.2, 0) is 6.42 Å². The zero-order valence-electron chi connectivity index (χ0n) is 10.0. The van der Waals surface area contributed by atoms with Gasteiger partial charge in [0.2, 0.25) is 0 Å². The summed E-state index contributed by atoms with van der Waals surface area (Å²) in [5.41, 5.74) is 2.11. The summed E-state index contributed by atoms with van der Waals surface area (Å²) in [6.07, 6.45) is 0.774. The molecule has 1 unspecified atom stereocenters. The Morgan fingerprint density at radius 3 is 2.26 bits per heavy atom. The number of benzene rings is 2. The van der Waals surface area contributed by atoms with Crippen LogP contribution in [0.25, 0.3) is 0 Å². The van der Waals surface area contributed by atoms with Crippen LogP contribution in [0.3, 0.4) is 0 Å². The number of rotatable bonds is 4. The predicted molar refractivity (Wildman–Crippen MR) is 80.7 cm³/mol. The molecule has 100 valence electrons. The first-order valence-corrected chi connectivity index (χ1v) is 7.77. The molecule has 0 N–H and O–H groups in total. The fourth-order valence-corrected chi connectivity index (χ4v) is 2.98. The van der Waals surface area contributed by atoms with E-state index in [2.05, 4.69) is 31.9 Å². The monoisotopic (exact) mass is 388 g/mol. The second-order valence-electron chi connectivity index (χ2n) is 4.36. The summed E-state index contributed by atoms with van der Waals surface area (Å²) in [4.78, 5) is 0. The first-order valence-electron chi connectivity index (χ1n) is 5.85. The molecule has 0 aliphatic carbocycles. The van der Waals surface area contributed by atoms with Gasteiger partial charge in [0.1, 0.15) is 11.6 Å². The first-order chi connectivity index (χ1) is 9.10. The molecule has 0 radical (unpaired) electrons. The molecular formula is C15H12Br2F2. The fraction of sp³-hybridized carbons (Fsp3) is 0.200. The maximum atomic E-state index is 13.2. The molecule has 0 heterocycles. The Morgan fingerprint density at radius 1 is 1.00 bits per heavy atom. The van der Waals surface area contributed by atoms with E-state index in [0.29, 0.717) is 4.47 Å². The topological polar surface area (TPSA) is 0 Å². The van der Waals surface area contributed by atoms with Gasteiger partial charge in [-0.1, -0.05) is 34.1 Å². The van der Waals surface area contributed by atoms with Crippen LogP contribution in [-0.4, -0.2) is 5.33 Å². The highest BCUT2D eigenvalue weighted by atomic mass is 79.9.